The third-order valence-electron chi connectivity index (χ3n) is 4.51. The average Bonchev–Trinajstić information content (AvgIpc) is 2.81. The summed E-state index contributed by atoms with van der Waals surface area (Å²) >= 11 is 1.64. The summed E-state index contributed by atoms with van der Waals surface area (Å²) in [6.07, 6.45) is 0. The van der Waals surface area contributed by atoms with Crippen LogP contribution < -0.4 is 16.0 Å². The molecule has 0 aliphatic rings. The van der Waals surface area contributed by atoms with Gasteiger partial charge in [0.2, 0.25) is 0 Å². The summed E-state index contributed by atoms with van der Waals surface area (Å²) in [7, 11) is 0. The van der Waals surface area contributed by atoms with Gasteiger partial charge in [-0.1, -0.05) is 54.2 Å². The lowest BCUT2D eigenvalue weighted by Crippen LogP contribution is -2.19. The fraction of sp³-hybridized carbons (Fsp3) is 0. The van der Waals surface area contributed by atoms with Crippen LogP contribution >= 0.6 is 11.8 Å². The van der Waals surface area contributed by atoms with Crippen molar-refractivity contribution in [2.24, 2.45) is 0 Å². The fourth-order valence-corrected chi connectivity index (χ4v) is 3.83. The summed E-state index contributed by atoms with van der Waals surface area (Å²) in [5, 5.41) is 8.40. The topological polar surface area (TPSA) is 70.2 Å². The maximum Gasteiger partial charge on any atom is 0.323 e. The van der Waals surface area contributed by atoms with Crippen molar-refractivity contribution in [3.63, 3.8) is 0 Å². The Balaban J connectivity index is 1.35. The largest absolute Gasteiger partial charge is 0.323 e. The molecule has 0 aromatic heterocycles. The van der Waals surface area contributed by atoms with Gasteiger partial charge in [-0.25, -0.2) is 4.79 Å². The quantitative estimate of drug-likeness (QED) is 0.312. The molecular formula is C26H21N3O2S. The summed E-state index contributed by atoms with van der Waals surface area (Å²) in [6, 6.07) is 33.4. The van der Waals surface area contributed by atoms with E-state index in [-0.39, 0.29) is 11.9 Å². The molecule has 0 aliphatic heterocycles. The van der Waals surface area contributed by atoms with E-state index in [2.05, 4.69) is 16.0 Å². The SMILES string of the molecule is O=C(Nc1ccccc1)Nc1cccc(NC(=O)c2ccc(Sc3ccccc3)cc2)c1. The first kappa shape index (κ1) is 21.2. The predicted octanol–water partition coefficient (Wildman–Crippen LogP) is 6.73. The van der Waals surface area contributed by atoms with Gasteiger partial charge >= 0.3 is 6.03 Å². The zero-order valence-electron chi connectivity index (χ0n) is 17.1. The Hall–Kier alpha value is -4.03. The number of nitrogens with one attached hydrogen (secondary N) is 3. The zero-order chi connectivity index (χ0) is 22.2. The second kappa shape index (κ2) is 10.3. The van der Waals surface area contributed by atoms with Crippen molar-refractivity contribution in [3.8, 4) is 0 Å². The number of amides is 3. The molecule has 32 heavy (non-hydrogen) atoms. The van der Waals surface area contributed by atoms with Crippen molar-refractivity contribution in [2.75, 3.05) is 16.0 Å². The van der Waals surface area contributed by atoms with E-state index in [0.717, 1.165) is 9.79 Å². The van der Waals surface area contributed by atoms with Crippen molar-refractivity contribution >= 4 is 40.8 Å². The molecule has 0 atom stereocenters. The molecule has 5 nitrogen and oxygen atoms in total. The van der Waals surface area contributed by atoms with E-state index in [1.54, 1.807) is 60.3 Å². The van der Waals surface area contributed by atoms with E-state index >= 15 is 0 Å². The van der Waals surface area contributed by atoms with Crippen LogP contribution in [0.15, 0.2) is 119 Å². The summed E-state index contributed by atoms with van der Waals surface area (Å²) in [4.78, 5) is 27.0. The highest BCUT2D eigenvalue weighted by Gasteiger charge is 2.08. The number of carbonyl (C=O) groups excluding carboxylic acids is 2. The van der Waals surface area contributed by atoms with Crippen LogP contribution in [0.2, 0.25) is 0 Å². The third kappa shape index (κ3) is 6.00. The summed E-state index contributed by atoms with van der Waals surface area (Å²) in [6.45, 7) is 0. The molecule has 0 heterocycles. The van der Waals surface area contributed by atoms with Crippen molar-refractivity contribution in [2.45, 2.75) is 9.79 Å². The number of rotatable bonds is 6. The summed E-state index contributed by atoms with van der Waals surface area (Å²) in [5.74, 6) is -0.216. The summed E-state index contributed by atoms with van der Waals surface area (Å²) < 4.78 is 0. The molecule has 0 fully saturated rings. The Bertz CT molecular complexity index is 1200. The molecule has 0 radical (unpaired) electrons. The Kier molecular flexibility index (Phi) is 6.84. The van der Waals surface area contributed by atoms with Crippen molar-refractivity contribution < 1.29 is 9.59 Å². The van der Waals surface area contributed by atoms with Crippen LogP contribution in [0, 0.1) is 0 Å². The summed E-state index contributed by atoms with van der Waals surface area (Å²) in [5.41, 5.74) is 2.42. The van der Waals surface area contributed by atoms with Gasteiger partial charge in [0.25, 0.3) is 5.91 Å². The fourth-order valence-electron chi connectivity index (χ4n) is 2.99. The molecule has 0 saturated carbocycles. The second-order valence-corrected chi connectivity index (χ2v) is 8.07. The van der Waals surface area contributed by atoms with Crippen LogP contribution in [0.5, 0.6) is 0 Å². The third-order valence-corrected chi connectivity index (χ3v) is 5.52. The molecule has 0 spiro atoms. The van der Waals surface area contributed by atoms with Gasteiger partial charge in [0.1, 0.15) is 0 Å². The highest BCUT2D eigenvalue weighted by atomic mass is 32.2. The molecule has 0 unspecified atom stereocenters. The molecule has 4 aromatic carbocycles. The number of benzene rings is 4. The molecule has 4 rings (SSSR count). The lowest BCUT2D eigenvalue weighted by atomic mass is 10.2. The van der Waals surface area contributed by atoms with E-state index in [9.17, 15) is 9.59 Å². The van der Waals surface area contributed by atoms with Crippen LogP contribution in [0.25, 0.3) is 0 Å². The average molecular weight is 440 g/mol. The Morgan fingerprint density at radius 3 is 1.75 bits per heavy atom. The lowest BCUT2D eigenvalue weighted by Gasteiger charge is -2.10. The van der Waals surface area contributed by atoms with Gasteiger partial charge in [-0.3, -0.25) is 4.79 Å². The normalized spacial score (nSPS) is 10.2. The lowest BCUT2D eigenvalue weighted by molar-refractivity contribution is 0.102. The van der Waals surface area contributed by atoms with Crippen molar-refractivity contribution in [1.82, 2.24) is 0 Å². The number of urea groups is 1. The van der Waals surface area contributed by atoms with Gasteiger partial charge in [0, 0.05) is 32.4 Å². The smallest absolute Gasteiger partial charge is 0.322 e. The number of hydrogen-bond donors (Lipinski definition) is 3. The monoisotopic (exact) mass is 439 g/mol. The Morgan fingerprint density at radius 2 is 1.06 bits per heavy atom. The van der Waals surface area contributed by atoms with Crippen LogP contribution in [-0.4, -0.2) is 11.9 Å². The minimum atomic E-state index is -0.355. The highest BCUT2D eigenvalue weighted by molar-refractivity contribution is 7.99. The molecule has 0 aliphatic carbocycles. The molecule has 0 bridgehead atoms. The van der Waals surface area contributed by atoms with E-state index in [1.807, 2.05) is 60.7 Å². The molecule has 6 heteroatoms. The first-order valence-electron chi connectivity index (χ1n) is 10.0. The Morgan fingerprint density at radius 1 is 0.531 bits per heavy atom. The molecule has 3 N–H and O–H groups in total. The van der Waals surface area contributed by atoms with Crippen LogP contribution in [0.3, 0.4) is 0 Å². The van der Waals surface area contributed by atoms with Gasteiger partial charge in [-0.2, -0.15) is 0 Å². The van der Waals surface area contributed by atoms with Gasteiger partial charge in [-0.05, 0) is 66.7 Å². The molecule has 4 aromatic rings. The van der Waals surface area contributed by atoms with Crippen LogP contribution in [0.4, 0.5) is 21.9 Å². The maximum atomic E-state index is 12.6. The van der Waals surface area contributed by atoms with Crippen LogP contribution in [-0.2, 0) is 0 Å². The number of carbonyl (C=O) groups is 2. The number of hydrogen-bond acceptors (Lipinski definition) is 3. The van der Waals surface area contributed by atoms with Crippen LogP contribution in [0.1, 0.15) is 10.4 Å². The number of anilines is 3. The minimum Gasteiger partial charge on any atom is -0.322 e. The maximum absolute atomic E-state index is 12.6. The van der Waals surface area contributed by atoms with Gasteiger partial charge < -0.3 is 16.0 Å². The van der Waals surface area contributed by atoms with E-state index in [1.165, 1.54) is 0 Å². The van der Waals surface area contributed by atoms with Gasteiger partial charge in [-0.15, -0.1) is 0 Å². The van der Waals surface area contributed by atoms with Crippen molar-refractivity contribution in [1.29, 1.82) is 0 Å². The molecule has 158 valence electrons. The first-order valence-corrected chi connectivity index (χ1v) is 10.8. The first-order chi connectivity index (χ1) is 15.7. The van der Waals surface area contributed by atoms with Gasteiger partial charge in [0.15, 0.2) is 0 Å². The highest BCUT2D eigenvalue weighted by Crippen LogP contribution is 2.27. The van der Waals surface area contributed by atoms with Crippen molar-refractivity contribution in [3.05, 3.63) is 115 Å². The van der Waals surface area contributed by atoms with E-state index in [4.69, 9.17) is 0 Å². The molecule has 0 saturated heterocycles. The van der Waals surface area contributed by atoms with E-state index in [0.29, 0.717) is 22.6 Å². The second-order valence-electron chi connectivity index (χ2n) is 6.92. The minimum absolute atomic E-state index is 0.216. The predicted molar refractivity (Wildman–Crippen MR) is 130 cm³/mol. The number of para-hydroxylation sites is 1. The zero-order valence-corrected chi connectivity index (χ0v) is 17.9. The molecular weight excluding hydrogens is 418 g/mol. The standard InChI is InChI=1S/C26H21N3O2S/c30-25(19-14-16-24(17-15-19)32-23-12-5-2-6-13-23)27-21-10-7-11-22(18-21)29-26(31)28-20-8-3-1-4-9-20/h1-18H,(H,27,30)(H2,28,29,31). The molecule has 3 amide bonds. The van der Waals surface area contributed by atoms with E-state index < -0.39 is 0 Å². The van der Waals surface area contributed by atoms with Gasteiger partial charge in [0.05, 0.1) is 0 Å². The Labute approximate surface area is 190 Å².